The van der Waals surface area contributed by atoms with E-state index in [1.165, 1.54) is 18.2 Å². The van der Waals surface area contributed by atoms with Crippen molar-refractivity contribution in [3.63, 3.8) is 0 Å². The van der Waals surface area contributed by atoms with Crippen molar-refractivity contribution in [3.8, 4) is 0 Å². The van der Waals surface area contributed by atoms with Gasteiger partial charge in [0.1, 0.15) is 0 Å². The molecule has 0 bridgehead atoms. The van der Waals surface area contributed by atoms with Crippen LogP contribution in [-0.4, -0.2) is 23.0 Å². The normalized spacial score (nSPS) is 11.9. The summed E-state index contributed by atoms with van der Waals surface area (Å²) in [5.41, 5.74) is 5.96. The zero-order valence-electron chi connectivity index (χ0n) is 9.24. The van der Waals surface area contributed by atoms with Crippen LogP contribution in [-0.2, 0) is 4.79 Å². The fourth-order valence-electron chi connectivity index (χ4n) is 1.16. The molecule has 0 spiro atoms. The Morgan fingerprint density at radius 2 is 2.18 bits per heavy atom. The highest BCUT2D eigenvalue weighted by atomic mass is 35.5. The van der Waals surface area contributed by atoms with Gasteiger partial charge in [0, 0.05) is 0 Å². The summed E-state index contributed by atoms with van der Waals surface area (Å²) in [7, 11) is 0. The van der Waals surface area contributed by atoms with E-state index in [9.17, 15) is 9.59 Å². The van der Waals surface area contributed by atoms with Gasteiger partial charge in [-0.1, -0.05) is 18.5 Å². The van der Waals surface area contributed by atoms with Gasteiger partial charge in [0.15, 0.2) is 0 Å². The molecule has 0 radical (unpaired) electrons. The van der Waals surface area contributed by atoms with Gasteiger partial charge < -0.3 is 16.2 Å². The first-order chi connectivity index (χ1) is 7.95. The van der Waals surface area contributed by atoms with E-state index in [2.05, 4.69) is 5.32 Å². The molecule has 0 aromatic heterocycles. The van der Waals surface area contributed by atoms with E-state index in [1.54, 1.807) is 6.92 Å². The number of carboxylic acid groups (broad SMARTS) is 1. The number of hydrogen-bond donors (Lipinski definition) is 3. The van der Waals surface area contributed by atoms with Crippen molar-refractivity contribution in [2.24, 2.45) is 5.73 Å². The highest BCUT2D eigenvalue weighted by molar-refractivity contribution is 6.34. The van der Waals surface area contributed by atoms with Crippen LogP contribution in [0.15, 0.2) is 18.2 Å². The Balaban J connectivity index is 2.86. The lowest BCUT2D eigenvalue weighted by Crippen LogP contribution is -2.34. The Hall–Kier alpha value is -1.59. The molecule has 0 saturated carbocycles. The van der Waals surface area contributed by atoms with E-state index in [0.717, 1.165) is 0 Å². The summed E-state index contributed by atoms with van der Waals surface area (Å²) in [6, 6.07) is 3.47. The SMILES string of the molecule is CC[C@@H](N)C(=O)Nc1ccc(C(=O)O)cc1Cl. The van der Waals surface area contributed by atoms with Crippen molar-refractivity contribution < 1.29 is 14.7 Å². The molecule has 0 fully saturated rings. The number of carbonyl (C=O) groups is 2. The Labute approximate surface area is 104 Å². The van der Waals surface area contributed by atoms with Gasteiger partial charge in [-0.2, -0.15) is 0 Å². The predicted octanol–water partition coefficient (Wildman–Crippen LogP) is 1.71. The predicted molar refractivity (Wildman–Crippen MR) is 65.3 cm³/mol. The van der Waals surface area contributed by atoms with E-state index >= 15 is 0 Å². The first-order valence-corrected chi connectivity index (χ1v) is 5.42. The molecule has 17 heavy (non-hydrogen) atoms. The quantitative estimate of drug-likeness (QED) is 0.765. The fourth-order valence-corrected chi connectivity index (χ4v) is 1.39. The van der Waals surface area contributed by atoms with Gasteiger partial charge in [0.05, 0.1) is 22.3 Å². The number of amides is 1. The summed E-state index contributed by atoms with van der Waals surface area (Å²) in [5, 5.41) is 11.4. The van der Waals surface area contributed by atoms with Crippen LogP contribution >= 0.6 is 11.6 Å². The van der Waals surface area contributed by atoms with E-state index in [4.69, 9.17) is 22.4 Å². The topological polar surface area (TPSA) is 92.4 Å². The summed E-state index contributed by atoms with van der Waals surface area (Å²) < 4.78 is 0. The number of rotatable bonds is 4. The number of nitrogens with two attached hydrogens (primary N) is 1. The zero-order valence-corrected chi connectivity index (χ0v) is 9.99. The molecule has 0 aliphatic rings. The molecule has 0 saturated heterocycles. The summed E-state index contributed by atoms with van der Waals surface area (Å²) in [4.78, 5) is 22.2. The van der Waals surface area contributed by atoms with Crippen LogP contribution in [0.25, 0.3) is 0 Å². The lowest BCUT2D eigenvalue weighted by Gasteiger charge is -2.11. The van der Waals surface area contributed by atoms with Crippen LogP contribution in [0.5, 0.6) is 0 Å². The standard InChI is InChI=1S/C11H13ClN2O3/c1-2-8(13)10(15)14-9-4-3-6(11(16)17)5-7(9)12/h3-5,8H,2,13H2,1H3,(H,14,15)(H,16,17)/t8-/m1/s1. The van der Waals surface area contributed by atoms with Crippen molar-refractivity contribution in [2.45, 2.75) is 19.4 Å². The maximum Gasteiger partial charge on any atom is 0.335 e. The Bertz CT molecular complexity index is 448. The fraction of sp³-hybridized carbons (Fsp3) is 0.273. The zero-order chi connectivity index (χ0) is 13.0. The molecule has 1 rings (SSSR count). The van der Waals surface area contributed by atoms with E-state index in [1.807, 2.05) is 0 Å². The van der Waals surface area contributed by atoms with Gasteiger partial charge in [-0.3, -0.25) is 4.79 Å². The van der Waals surface area contributed by atoms with Crippen molar-refractivity contribution >= 4 is 29.2 Å². The highest BCUT2D eigenvalue weighted by Crippen LogP contribution is 2.23. The van der Waals surface area contributed by atoms with E-state index in [-0.39, 0.29) is 16.5 Å². The molecule has 92 valence electrons. The number of anilines is 1. The molecule has 0 heterocycles. The number of halogens is 1. The van der Waals surface area contributed by atoms with Crippen LogP contribution in [0.2, 0.25) is 5.02 Å². The third kappa shape index (κ3) is 3.44. The molecule has 1 aromatic carbocycles. The maximum absolute atomic E-state index is 11.5. The number of carbonyl (C=O) groups excluding carboxylic acids is 1. The number of aromatic carboxylic acids is 1. The molecule has 5 nitrogen and oxygen atoms in total. The summed E-state index contributed by atoms with van der Waals surface area (Å²) in [6.07, 6.45) is 0.511. The third-order valence-electron chi connectivity index (χ3n) is 2.25. The minimum absolute atomic E-state index is 0.0628. The molecular weight excluding hydrogens is 244 g/mol. The Morgan fingerprint density at radius 1 is 1.53 bits per heavy atom. The lowest BCUT2D eigenvalue weighted by atomic mass is 10.2. The number of hydrogen-bond acceptors (Lipinski definition) is 3. The monoisotopic (exact) mass is 256 g/mol. The van der Waals surface area contributed by atoms with Crippen LogP contribution in [0, 0.1) is 0 Å². The first-order valence-electron chi connectivity index (χ1n) is 5.05. The molecule has 1 aromatic rings. The summed E-state index contributed by atoms with van der Waals surface area (Å²) in [6.45, 7) is 1.79. The molecule has 0 unspecified atom stereocenters. The second-order valence-corrected chi connectivity index (χ2v) is 3.91. The minimum Gasteiger partial charge on any atom is -0.478 e. The van der Waals surface area contributed by atoms with E-state index < -0.39 is 12.0 Å². The molecule has 1 atom stereocenters. The van der Waals surface area contributed by atoms with Crippen LogP contribution < -0.4 is 11.1 Å². The van der Waals surface area contributed by atoms with Crippen molar-refractivity contribution in [2.75, 3.05) is 5.32 Å². The van der Waals surface area contributed by atoms with Crippen molar-refractivity contribution in [1.82, 2.24) is 0 Å². The van der Waals surface area contributed by atoms with Crippen LogP contribution in [0.1, 0.15) is 23.7 Å². The van der Waals surface area contributed by atoms with Gasteiger partial charge in [-0.05, 0) is 24.6 Å². The van der Waals surface area contributed by atoms with Crippen molar-refractivity contribution in [3.05, 3.63) is 28.8 Å². The highest BCUT2D eigenvalue weighted by Gasteiger charge is 2.13. The minimum atomic E-state index is -1.07. The third-order valence-corrected chi connectivity index (χ3v) is 2.56. The lowest BCUT2D eigenvalue weighted by molar-refractivity contribution is -0.117. The number of carboxylic acids is 1. The second kappa shape index (κ2) is 5.65. The Morgan fingerprint density at radius 3 is 2.65 bits per heavy atom. The molecule has 0 aliphatic carbocycles. The summed E-state index contributed by atoms with van der Waals surface area (Å²) in [5.74, 6) is -1.42. The second-order valence-electron chi connectivity index (χ2n) is 3.50. The van der Waals surface area contributed by atoms with E-state index in [0.29, 0.717) is 12.1 Å². The average molecular weight is 257 g/mol. The molecular formula is C11H13ClN2O3. The van der Waals surface area contributed by atoms with Gasteiger partial charge >= 0.3 is 5.97 Å². The maximum atomic E-state index is 11.5. The molecule has 1 amide bonds. The van der Waals surface area contributed by atoms with Crippen molar-refractivity contribution in [1.29, 1.82) is 0 Å². The van der Waals surface area contributed by atoms with Crippen LogP contribution in [0.4, 0.5) is 5.69 Å². The van der Waals surface area contributed by atoms with Gasteiger partial charge in [0.25, 0.3) is 0 Å². The molecule has 0 aliphatic heterocycles. The molecule has 4 N–H and O–H groups in total. The number of benzene rings is 1. The van der Waals surface area contributed by atoms with Crippen LogP contribution in [0.3, 0.4) is 0 Å². The Kier molecular flexibility index (Phi) is 4.48. The van der Waals surface area contributed by atoms with Gasteiger partial charge in [-0.15, -0.1) is 0 Å². The average Bonchev–Trinajstić information content (AvgIpc) is 2.30. The molecule has 6 heteroatoms. The van der Waals surface area contributed by atoms with Gasteiger partial charge in [-0.25, -0.2) is 4.79 Å². The first kappa shape index (κ1) is 13.5. The van der Waals surface area contributed by atoms with Gasteiger partial charge in [0.2, 0.25) is 5.91 Å². The largest absolute Gasteiger partial charge is 0.478 e. The smallest absolute Gasteiger partial charge is 0.335 e. The number of nitrogens with one attached hydrogen (secondary N) is 1. The summed E-state index contributed by atoms with van der Waals surface area (Å²) >= 11 is 5.85.